The number of nitrogens with zero attached hydrogens (tertiary/aromatic N) is 1. The summed E-state index contributed by atoms with van der Waals surface area (Å²) < 4.78 is 0. The Morgan fingerprint density at radius 3 is 3.14 bits per heavy atom. The third kappa shape index (κ3) is 3.18. The zero-order valence-corrected chi connectivity index (χ0v) is 8.29. The molecule has 0 saturated carbocycles. The number of H-pyrrole nitrogens is 1. The van der Waals surface area contributed by atoms with Crippen LogP contribution in [-0.2, 0) is 11.2 Å². The van der Waals surface area contributed by atoms with Crippen molar-refractivity contribution in [2.24, 2.45) is 5.73 Å². The monoisotopic (exact) mass is 196 g/mol. The van der Waals surface area contributed by atoms with Gasteiger partial charge in [0.15, 0.2) is 0 Å². The van der Waals surface area contributed by atoms with E-state index >= 15 is 0 Å². The smallest absolute Gasteiger partial charge is 0.236 e. The fourth-order valence-corrected chi connectivity index (χ4v) is 1.06. The SMILES string of the molecule is CCC(N)C(=O)NCCc1ncc[nH]1. The summed E-state index contributed by atoms with van der Waals surface area (Å²) in [6, 6.07) is -0.397. The predicted octanol–water partition coefficient (Wildman–Crippen LogP) is -0.194. The van der Waals surface area contributed by atoms with Crippen LogP contribution in [0.5, 0.6) is 0 Å². The first-order chi connectivity index (χ1) is 6.74. The summed E-state index contributed by atoms with van der Waals surface area (Å²) in [5, 5.41) is 2.75. The zero-order chi connectivity index (χ0) is 10.4. The van der Waals surface area contributed by atoms with E-state index in [9.17, 15) is 4.79 Å². The second-order valence-corrected chi connectivity index (χ2v) is 3.09. The van der Waals surface area contributed by atoms with Gasteiger partial charge in [-0.15, -0.1) is 0 Å². The molecule has 5 nitrogen and oxygen atoms in total. The van der Waals surface area contributed by atoms with E-state index in [-0.39, 0.29) is 5.91 Å². The van der Waals surface area contributed by atoms with Gasteiger partial charge < -0.3 is 16.0 Å². The van der Waals surface area contributed by atoms with Crippen LogP contribution in [0.1, 0.15) is 19.2 Å². The molecule has 1 amide bonds. The Morgan fingerprint density at radius 1 is 1.79 bits per heavy atom. The van der Waals surface area contributed by atoms with Crippen molar-refractivity contribution in [1.29, 1.82) is 0 Å². The molecular weight excluding hydrogens is 180 g/mol. The lowest BCUT2D eigenvalue weighted by Crippen LogP contribution is -2.40. The summed E-state index contributed by atoms with van der Waals surface area (Å²) in [4.78, 5) is 18.2. The average Bonchev–Trinajstić information content (AvgIpc) is 2.69. The molecule has 14 heavy (non-hydrogen) atoms. The lowest BCUT2D eigenvalue weighted by atomic mass is 10.2. The first-order valence-electron chi connectivity index (χ1n) is 4.75. The van der Waals surface area contributed by atoms with Crippen LogP contribution in [-0.4, -0.2) is 28.5 Å². The molecule has 1 atom stereocenters. The van der Waals surface area contributed by atoms with Crippen LogP contribution >= 0.6 is 0 Å². The molecule has 0 aliphatic rings. The quantitative estimate of drug-likeness (QED) is 0.610. The lowest BCUT2D eigenvalue weighted by molar-refractivity contribution is -0.122. The number of nitrogens with one attached hydrogen (secondary N) is 2. The number of aromatic amines is 1. The van der Waals surface area contributed by atoms with Gasteiger partial charge in [-0.2, -0.15) is 0 Å². The van der Waals surface area contributed by atoms with Gasteiger partial charge in [0, 0.05) is 25.4 Å². The van der Waals surface area contributed by atoms with Crippen molar-refractivity contribution < 1.29 is 4.79 Å². The molecule has 0 saturated heterocycles. The van der Waals surface area contributed by atoms with Gasteiger partial charge in [0.1, 0.15) is 5.82 Å². The molecule has 1 aromatic heterocycles. The first kappa shape index (κ1) is 10.7. The van der Waals surface area contributed by atoms with Crippen LogP contribution in [0.4, 0.5) is 0 Å². The molecule has 5 heteroatoms. The number of amides is 1. The lowest BCUT2D eigenvalue weighted by Gasteiger charge is -2.08. The van der Waals surface area contributed by atoms with E-state index in [2.05, 4.69) is 15.3 Å². The van der Waals surface area contributed by atoms with Gasteiger partial charge >= 0.3 is 0 Å². The number of nitrogens with two attached hydrogens (primary N) is 1. The Morgan fingerprint density at radius 2 is 2.57 bits per heavy atom. The largest absolute Gasteiger partial charge is 0.354 e. The maximum absolute atomic E-state index is 11.2. The Hall–Kier alpha value is -1.36. The van der Waals surface area contributed by atoms with E-state index in [1.807, 2.05) is 6.92 Å². The normalized spacial score (nSPS) is 12.4. The predicted molar refractivity (Wildman–Crippen MR) is 53.6 cm³/mol. The molecule has 0 spiro atoms. The van der Waals surface area contributed by atoms with Crippen molar-refractivity contribution in [2.75, 3.05) is 6.54 Å². The third-order valence-corrected chi connectivity index (χ3v) is 1.99. The van der Waals surface area contributed by atoms with Crippen LogP contribution < -0.4 is 11.1 Å². The number of aromatic nitrogens is 2. The van der Waals surface area contributed by atoms with Crippen LogP contribution in [0.3, 0.4) is 0 Å². The highest BCUT2D eigenvalue weighted by Crippen LogP contribution is 1.89. The molecule has 1 aromatic rings. The summed E-state index contributed by atoms with van der Waals surface area (Å²) >= 11 is 0. The van der Waals surface area contributed by atoms with Crippen molar-refractivity contribution in [3.63, 3.8) is 0 Å². The topological polar surface area (TPSA) is 83.8 Å². The number of carbonyl (C=O) groups is 1. The fourth-order valence-electron chi connectivity index (χ4n) is 1.06. The van der Waals surface area contributed by atoms with Gasteiger partial charge in [-0.05, 0) is 6.42 Å². The van der Waals surface area contributed by atoms with Gasteiger partial charge in [-0.3, -0.25) is 4.79 Å². The Kier molecular flexibility index (Phi) is 4.12. The average molecular weight is 196 g/mol. The van der Waals surface area contributed by atoms with Crippen molar-refractivity contribution >= 4 is 5.91 Å². The van der Waals surface area contributed by atoms with E-state index in [1.54, 1.807) is 12.4 Å². The third-order valence-electron chi connectivity index (χ3n) is 1.99. The molecule has 0 radical (unpaired) electrons. The summed E-state index contributed by atoms with van der Waals surface area (Å²) in [5.74, 6) is 0.773. The maximum atomic E-state index is 11.2. The highest BCUT2D eigenvalue weighted by Gasteiger charge is 2.09. The Bertz CT molecular complexity index is 270. The molecule has 1 heterocycles. The number of carbonyl (C=O) groups excluding carboxylic acids is 1. The van der Waals surface area contributed by atoms with Gasteiger partial charge in [0.05, 0.1) is 6.04 Å². The summed E-state index contributed by atoms with van der Waals surface area (Å²) in [7, 11) is 0. The van der Waals surface area contributed by atoms with Crippen molar-refractivity contribution in [2.45, 2.75) is 25.8 Å². The standard InChI is InChI=1S/C9H16N4O/c1-2-7(10)9(14)13-4-3-8-11-5-6-12-8/h5-7H,2-4,10H2,1H3,(H,11,12)(H,13,14). The zero-order valence-electron chi connectivity index (χ0n) is 8.29. The van der Waals surface area contributed by atoms with Crippen LogP contribution in [0, 0.1) is 0 Å². The number of rotatable bonds is 5. The number of hydrogen-bond donors (Lipinski definition) is 3. The van der Waals surface area contributed by atoms with E-state index in [1.165, 1.54) is 0 Å². The molecule has 0 aromatic carbocycles. The van der Waals surface area contributed by atoms with Crippen LogP contribution in [0.25, 0.3) is 0 Å². The van der Waals surface area contributed by atoms with E-state index in [0.29, 0.717) is 19.4 Å². The fraction of sp³-hybridized carbons (Fsp3) is 0.556. The van der Waals surface area contributed by atoms with Crippen LogP contribution in [0.15, 0.2) is 12.4 Å². The minimum atomic E-state index is -0.397. The Balaban J connectivity index is 2.18. The van der Waals surface area contributed by atoms with Gasteiger partial charge in [0.25, 0.3) is 0 Å². The molecular formula is C9H16N4O. The van der Waals surface area contributed by atoms with E-state index < -0.39 is 6.04 Å². The molecule has 0 bridgehead atoms. The van der Waals surface area contributed by atoms with Gasteiger partial charge in [0.2, 0.25) is 5.91 Å². The molecule has 0 aliphatic carbocycles. The van der Waals surface area contributed by atoms with Crippen molar-refractivity contribution in [1.82, 2.24) is 15.3 Å². The summed E-state index contributed by atoms with van der Waals surface area (Å²) in [6.07, 6.45) is 4.81. The molecule has 0 fully saturated rings. The van der Waals surface area contributed by atoms with Crippen molar-refractivity contribution in [3.8, 4) is 0 Å². The van der Waals surface area contributed by atoms with Gasteiger partial charge in [-0.1, -0.05) is 6.92 Å². The van der Waals surface area contributed by atoms with Crippen molar-refractivity contribution in [3.05, 3.63) is 18.2 Å². The minimum absolute atomic E-state index is 0.0981. The number of hydrogen-bond acceptors (Lipinski definition) is 3. The summed E-state index contributed by atoms with van der Waals surface area (Å²) in [5.41, 5.74) is 5.54. The number of imidazole rings is 1. The van der Waals surface area contributed by atoms with Crippen LogP contribution in [0.2, 0.25) is 0 Å². The minimum Gasteiger partial charge on any atom is -0.354 e. The molecule has 1 rings (SSSR count). The maximum Gasteiger partial charge on any atom is 0.236 e. The molecule has 4 N–H and O–H groups in total. The second kappa shape index (κ2) is 5.39. The van der Waals surface area contributed by atoms with E-state index in [4.69, 9.17) is 5.73 Å². The Labute approximate surface area is 83.1 Å². The molecule has 78 valence electrons. The summed E-state index contributed by atoms with van der Waals surface area (Å²) in [6.45, 7) is 2.46. The highest BCUT2D eigenvalue weighted by molar-refractivity contribution is 5.81. The van der Waals surface area contributed by atoms with E-state index in [0.717, 1.165) is 5.82 Å². The molecule has 0 aliphatic heterocycles. The highest BCUT2D eigenvalue weighted by atomic mass is 16.2. The second-order valence-electron chi connectivity index (χ2n) is 3.09. The first-order valence-corrected chi connectivity index (χ1v) is 4.75. The molecule has 1 unspecified atom stereocenters. The van der Waals surface area contributed by atoms with Gasteiger partial charge in [-0.25, -0.2) is 4.98 Å².